The molecule has 0 radical (unpaired) electrons. The molecule has 1 aliphatic heterocycles. The number of halogens is 1. The van der Waals surface area contributed by atoms with Gasteiger partial charge in [0.25, 0.3) is 0 Å². The van der Waals surface area contributed by atoms with Gasteiger partial charge in [0.05, 0.1) is 6.26 Å². The maximum absolute atomic E-state index is 10.9. The monoisotopic (exact) mass is 275 g/mol. The van der Waals surface area contributed by atoms with Crippen molar-refractivity contribution in [1.82, 2.24) is 4.31 Å². The first-order valence-corrected chi connectivity index (χ1v) is 6.19. The van der Waals surface area contributed by atoms with Crippen molar-refractivity contribution < 1.29 is 8.42 Å². The van der Waals surface area contributed by atoms with Crippen molar-refractivity contribution in [3.63, 3.8) is 0 Å². The Labute approximate surface area is 75.0 Å². The molecule has 1 unspecified atom stereocenters. The Balaban J connectivity index is 2.62. The number of nitrogens with zero attached hydrogens (tertiary/aromatic N) is 1. The van der Waals surface area contributed by atoms with E-state index < -0.39 is 10.0 Å². The molecule has 0 spiro atoms. The van der Waals surface area contributed by atoms with Crippen molar-refractivity contribution in [2.24, 2.45) is 0 Å². The van der Waals surface area contributed by atoms with Gasteiger partial charge in [-0.15, -0.1) is 0 Å². The van der Waals surface area contributed by atoms with Crippen LogP contribution in [0.25, 0.3) is 0 Å². The molecule has 10 heavy (non-hydrogen) atoms. The summed E-state index contributed by atoms with van der Waals surface area (Å²) < 4.78 is 23.8. The molecule has 1 atom stereocenters. The van der Waals surface area contributed by atoms with E-state index in [1.165, 1.54) is 10.6 Å². The highest BCUT2D eigenvalue weighted by molar-refractivity contribution is 14.1. The minimum absolute atomic E-state index is 0.507. The van der Waals surface area contributed by atoms with E-state index in [0.717, 1.165) is 6.42 Å². The fourth-order valence-corrected chi connectivity index (χ4v) is 2.90. The molecule has 0 N–H and O–H groups in total. The summed E-state index contributed by atoms with van der Waals surface area (Å²) in [5, 5.41) is 0. The average molecular weight is 275 g/mol. The zero-order chi connectivity index (χ0) is 7.78. The highest BCUT2D eigenvalue weighted by atomic mass is 127. The molecule has 1 saturated heterocycles. The molecule has 0 aromatic carbocycles. The number of alkyl halides is 1. The second kappa shape index (κ2) is 2.94. The van der Waals surface area contributed by atoms with Crippen LogP contribution in [-0.2, 0) is 10.0 Å². The van der Waals surface area contributed by atoms with Gasteiger partial charge < -0.3 is 0 Å². The van der Waals surface area contributed by atoms with Gasteiger partial charge in [-0.05, 0) is 6.42 Å². The first-order valence-electron chi connectivity index (χ1n) is 3.09. The molecule has 0 amide bonds. The summed E-state index contributed by atoms with van der Waals surface area (Å²) in [5.41, 5.74) is 0. The summed E-state index contributed by atoms with van der Waals surface area (Å²) in [5.74, 6) is 0. The molecular formula is C5H10INO2S. The second-order valence-electron chi connectivity index (χ2n) is 2.51. The Morgan fingerprint density at radius 1 is 1.60 bits per heavy atom. The van der Waals surface area contributed by atoms with Crippen molar-refractivity contribution in [1.29, 1.82) is 0 Å². The fourth-order valence-electron chi connectivity index (χ4n) is 0.989. The van der Waals surface area contributed by atoms with Crippen LogP contribution in [0.4, 0.5) is 0 Å². The SMILES string of the molecule is CS(=O)(=O)N1CCC(I)C1. The minimum Gasteiger partial charge on any atom is -0.213 e. The van der Waals surface area contributed by atoms with Crippen molar-refractivity contribution in [3.05, 3.63) is 0 Å². The summed E-state index contributed by atoms with van der Waals surface area (Å²) in [6.07, 6.45) is 2.26. The van der Waals surface area contributed by atoms with Crippen LogP contribution < -0.4 is 0 Å². The third-order valence-electron chi connectivity index (χ3n) is 1.56. The van der Waals surface area contributed by atoms with Gasteiger partial charge in [-0.25, -0.2) is 12.7 Å². The Hall–Kier alpha value is 0.640. The molecule has 1 fully saturated rings. The highest BCUT2D eigenvalue weighted by Gasteiger charge is 2.26. The molecule has 60 valence electrons. The van der Waals surface area contributed by atoms with E-state index in [1.54, 1.807) is 0 Å². The van der Waals surface area contributed by atoms with E-state index in [2.05, 4.69) is 22.6 Å². The lowest BCUT2D eigenvalue weighted by Gasteiger charge is -2.10. The maximum atomic E-state index is 10.9. The first-order chi connectivity index (χ1) is 4.50. The van der Waals surface area contributed by atoms with Crippen LogP contribution in [0.5, 0.6) is 0 Å². The summed E-state index contributed by atoms with van der Waals surface area (Å²) >= 11 is 2.28. The van der Waals surface area contributed by atoms with E-state index in [1.807, 2.05) is 0 Å². The van der Waals surface area contributed by atoms with Gasteiger partial charge >= 0.3 is 0 Å². The third-order valence-corrected chi connectivity index (χ3v) is 3.85. The van der Waals surface area contributed by atoms with Gasteiger partial charge in [0.2, 0.25) is 10.0 Å². The molecule has 1 heterocycles. The van der Waals surface area contributed by atoms with Crippen LogP contribution in [0.1, 0.15) is 6.42 Å². The normalized spacial score (nSPS) is 29.2. The lowest BCUT2D eigenvalue weighted by atomic mass is 10.4. The third kappa shape index (κ3) is 2.06. The summed E-state index contributed by atoms with van der Waals surface area (Å²) in [7, 11) is -2.91. The van der Waals surface area contributed by atoms with E-state index >= 15 is 0 Å². The molecule has 0 aromatic heterocycles. The molecule has 1 aliphatic rings. The molecule has 1 rings (SSSR count). The van der Waals surface area contributed by atoms with E-state index in [9.17, 15) is 8.42 Å². The summed E-state index contributed by atoms with van der Waals surface area (Å²) in [6, 6.07) is 0. The largest absolute Gasteiger partial charge is 0.213 e. The van der Waals surface area contributed by atoms with Crippen LogP contribution in [0.15, 0.2) is 0 Å². The standard InChI is InChI=1S/C5H10INO2S/c1-10(8,9)7-3-2-5(6)4-7/h5H,2-4H2,1H3. The molecule has 0 bridgehead atoms. The number of rotatable bonds is 1. The van der Waals surface area contributed by atoms with Gasteiger partial charge in [-0.1, -0.05) is 22.6 Å². The summed E-state index contributed by atoms with van der Waals surface area (Å²) in [6.45, 7) is 1.39. The Morgan fingerprint density at radius 3 is 2.40 bits per heavy atom. The van der Waals surface area contributed by atoms with Gasteiger partial charge in [0, 0.05) is 17.0 Å². The smallest absolute Gasteiger partial charge is 0.211 e. The first kappa shape index (κ1) is 8.73. The number of hydrogen-bond donors (Lipinski definition) is 0. The second-order valence-corrected chi connectivity index (χ2v) is 6.25. The van der Waals surface area contributed by atoms with Gasteiger partial charge in [-0.3, -0.25) is 0 Å². The zero-order valence-corrected chi connectivity index (χ0v) is 8.72. The fraction of sp³-hybridized carbons (Fsp3) is 1.00. The lowest BCUT2D eigenvalue weighted by molar-refractivity contribution is 0.484. The van der Waals surface area contributed by atoms with Gasteiger partial charge in [0.1, 0.15) is 0 Å². The molecule has 0 aliphatic carbocycles. The molecular weight excluding hydrogens is 265 g/mol. The average Bonchev–Trinajstić information content (AvgIpc) is 2.11. The molecule has 5 heteroatoms. The summed E-state index contributed by atoms with van der Waals surface area (Å²) in [4.78, 5) is 0. The molecule has 0 aromatic rings. The number of hydrogen-bond acceptors (Lipinski definition) is 2. The van der Waals surface area contributed by atoms with Crippen molar-refractivity contribution in [2.45, 2.75) is 10.3 Å². The predicted molar refractivity (Wildman–Crippen MR) is 48.8 cm³/mol. The minimum atomic E-state index is -2.91. The van der Waals surface area contributed by atoms with Crippen LogP contribution in [0.2, 0.25) is 0 Å². The Bertz CT molecular complexity index is 214. The van der Waals surface area contributed by atoms with E-state index in [-0.39, 0.29) is 0 Å². The van der Waals surface area contributed by atoms with E-state index in [0.29, 0.717) is 17.0 Å². The zero-order valence-electron chi connectivity index (χ0n) is 5.75. The van der Waals surface area contributed by atoms with E-state index in [4.69, 9.17) is 0 Å². The van der Waals surface area contributed by atoms with Crippen molar-refractivity contribution in [3.8, 4) is 0 Å². The van der Waals surface area contributed by atoms with Crippen LogP contribution >= 0.6 is 22.6 Å². The predicted octanol–water partition coefficient (Wildman–Crippen LogP) is 0.455. The molecule has 3 nitrogen and oxygen atoms in total. The van der Waals surface area contributed by atoms with Gasteiger partial charge in [-0.2, -0.15) is 0 Å². The lowest BCUT2D eigenvalue weighted by Crippen LogP contribution is -2.27. The van der Waals surface area contributed by atoms with Crippen molar-refractivity contribution >= 4 is 32.6 Å². The number of sulfonamides is 1. The molecule has 0 saturated carbocycles. The van der Waals surface area contributed by atoms with Crippen molar-refractivity contribution in [2.75, 3.05) is 19.3 Å². The van der Waals surface area contributed by atoms with Crippen LogP contribution in [0.3, 0.4) is 0 Å². The highest BCUT2D eigenvalue weighted by Crippen LogP contribution is 2.18. The Morgan fingerprint density at radius 2 is 2.20 bits per heavy atom. The van der Waals surface area contributed by atoms with Gasteiger partial charge in [0.15, 0.2) is 0 Å². The van der Waals surface area contributed by atoms with Crippen LogP contribution in [-0.4, -0.2) is 36.0 Å². The Kier molecular flexibility index (Phi) is 2.57. The topological polar surface area (TPSA) is 37.4 Å². The quantitative estimate of drug-likeness (QED) is 0.515. The van der Waals surface area contributed by atoms with Crippen LogP contribution in [0, 0.1) is 0 Å². The maximum Gasteiger partial charge on any atom is 0.211 e.